The lowest BCUT2D eigenvalue weighted by Crippen LogP contribution is -2.11. The second-order valence-electron chi connectivity index (χ2n) is 3.42. The highest BCUT2D eigenvalue weighted by Crippen LogP contribution is 2.26. The van der Waals surface area contributed by atoms with Crippen LogP contribution >= 0.6 is 11.8 Å². The predicted octanol–water partition coefficient (Wildman–Crippen LogP) is 2.55. The normalized spacial score (nSPS) is 12.1. The quantitative estimate of drug-likeness (QED) is 0.499. The SMILES string of the molecule is CC(CSc1ccc([N+](=O)[O-])cc1F)C(=O)O. The van der Waals surface area contributed by atoms with Gasteiger partial charge in [0.2, 0.25) is 0 Å². The number of nitrogens with zero attached hydrogens (tertiary/aromatic N) is 1. The minimum absolute atomic E-state index is 0.212. The zero-order valence-corrected chi connectivity index (χ0v) is 9.74. The Kier molecular flexibility index (Phi) is 4.45. The van der Waals surface area contributed by atoms with Crippen LogP contribution in [0.4, 0.5) is 10.1 Å². The van der Waals surface area contributed by atoms with Crippen molar-refractivity contribution < 1.29 is 19.2 Å². The van der Waals surface area contributed by atoms with Gasteiger partial charge in [-0.2, -0.15) is 0 Å². The number of hydrogen-bond acceptors (Lipinski definition) is 4. The topological polar surface area (TPSA) is 80.4 Å². The van der Waals surface area contributed by atoms with Gasteiger partial charge >= 0.3 is 5.97 Å². The largest absolute Gasteiger partial charge is 0.481 e. The molecule has 0 aliphatic carbocycles. The van der Waals surface area contributed by atoms with Gasteiger partial charge in [-0.05, 0) is 6.07 Å². The summed E-state index contributed by atoms with van der Waals surface area (Å²) in [5, 5.41) is 19.0. The van der Waals surface area contributed by atoms with E-state index in [1.165, 1.54) is 19.1 Å². The number of nitro benzene ring substituents is 1. The maximum Gasteiger partial charge on any atom is 0.307 e. The summed E-state index contributed by atoms with van der Waals surface area (Å²) in [4.78, 5) is 20.5. The monoisotopic (exact) mass is 259 g/mol. The van der Waals surface area contributed by atoms with E-state index in [2.05, 4.69) is 0 Å². The average molecular weight is 259 g/mol. The summed E-state index contributed by atoms with van der Waals surface area (Å²) in [6.45, 7) is 1.51. The van der Waals surface area contributed by atoms with Gasteiger partial charge < -0.3 is 5.11 Å². The number of halogens is 1. The Morgan fingerprint density at radius 3 is 2.76 bits per heavy atom. The molecule has 1 rings (SSSR count). The van der Waals surface area contributed by atoms with Crippen LogP contribution in [0, 0.1) is 21.8 Å². The van der Waals surface area contributed by atoms with Crippen molar-refractivity contribution >= 4 is 23.4 Å². The molecule has 0 saturated carbocycles. The first kappa shape index (κ1) is 13.4. The van der Waals surface area contributed by atoms with Crippen molar-refractivity contribution in [1.82, 2.24) is 0 Å². The highest BCUT2D eigenvalue weighted by molar-refractivity contribution is 7.99. The number of carbonyl (C=O) groups is 1. The minimum atomic E-state index is -0.959. The summed E-state index contributed by atoms with van der Waals surface area (Å²) >= 11 is 1.03. The van der Waals surface area contributed by atoms with E-state index < -0.39 is 22.6 Å². The Balaban J connectivity index is 2.73. The molecule has 1 aromatic rings. The lowest BCUT2D eigenvalue weighted by atomic mass is 10.2. The van der Waals surface area contributed by atoms with Gasteiger partial charge in [0, 0.05) is 16.7 Å². The van der Waals surface area contributed by atoms with Gasteiger partial charge in [0.05, 0.1) is 16.9 Å². The maximum atomic E-state index is 13.4. The summed E-state index contributed by atoms with van der Waals surface area (Å²) in [5.74, 6) is -2.06. The predicted molar refractivity (Wildman–Crippen MR) is 60.6 cm³/mol. The van der Waals surface area contributed by atoms with Crippen molar-refractivity contribution in [3.63, 3.8) is 0 Å². The van der Waals surface area contributed by atoms with Crippen molar-refractivity contribution in [2.24, 2.45) is 5.92 Å². The highest BCUT2D eigenvalue weighted by atomic mass is 32.2. The van der Waals surface area contributed by atoms with E-state index in [0.717, 1.165) is 17.8 Å². The lowest BCUT2D eigenvalue weighted by Gasteiger charge is -2.06. The first-order valence-electron chi connectivity index (χ1n) is 4.71. The van der Waals surface area contributed by atoms with E-state index in [-0.39, 0.29) is 16.3 Å². The molecule has 0 bridgehead atoms. The summed E-state index contributed by atoms with van der Waals surface area (Å²) in [6.07, 6.45) is 0. The van der Waals surface area contributed by atoms with Crippen LogP contribution in [0.2, 0.25) is 0 Å². The van der Waals surface area contributed by atoms with Gasteiger partial charge in [0.25, 0.3) is 5.69 Å². The number of carboxylic acids is 1. The molecule has 17 heavy (non-hydrogen) atoms. The van der Waals surface area contributed by atoms with Gasteiger partial charge in [-0.3, -0.25) is 14.9 Å². The summed E-state index contributed by atoms with van der Waals surface area (Å²) < 4.78 is 13.4. The van der Waals surface area contributed by atoms with Gasteiger partial charge in [0.15, 0.2) is 0 Å². The third-order valence-electron chi connectivity index (χ3n) is 2.04. The highest BCUT2D eigenvalue weighted by Gasteiger charge is 2.15. The molecule has 5 nitrogen and oxygen atoms in total. The van der Waals surface area contributed by atoms with Crippen LogP contribution in [-0.4, -0.2) is 21.8 Å². The summed E-state index contributed by atoms with van der Waals surface area (Å²) in [7, 11) is 0. The van der Waals surface area contributed by atoms with Crippen molar-refractivity contribution in [2.45, 2.75) is 11.8 Å². The fraction of sp³-hybridized carbons (Fsp3) is 0.300. The molecule has 0 radical (unpaired) electrons. The fourth-order valence-corrected chi connectivity index (χ4v) is 1.94. The Morgan fingerprint density at radius 2 is 2.29 bits per heavy atom. The molecule has 0 aliphatic heterocycles. The fourth-order valence-electron chi connectivity index (χ4n) is 1.01. The van der Waals surface area contributed by atoms with Crippen LogP contribution in [0.5, 0.6) is 0 Å². The number of non-ortho nitro benzene ring substituents is 1. The van der Waals surface area contributed by atoms with Crippen LogP contribution in [0.15, 0.2) is 23.1 Å². The van der Waals surface area contributed by atoms with E-state index >= 15 is 0 Å². The van der Waals surface area contributed by atoms with Gasteiger partial charge in [-0.1, -0.05) is 6.92 Å². The zero-order valence-electron chi connectivity index (χ0n) is 8.92. The van der Waals surface area contributed by atoms with Gasteiger partial charge in [-0.25, -0.2) is 4.39 Å². The first-order valence-corrected chi connectivity index (χ1v) is 5.70. The summed E-state index contributed by atoms with van der Waals surface area (Å²) in [6, 6.07) is 3.30. The Bertz CT molecular complexity index is 452. The molecular formula is C10H10FNO4S. The minimum Gasteiger partial charge on any atom is -0.481 e. The Labute approximate surface area is 101 Å². The molecule has 0 aromatic heterocycles. The molecule has 1 atom stereocenters. The number of aliphatic carboxylic acids is 1. The van der Waals surface area contributed by atoms with Crippen molar-refractivity contribution in [2.75, 3.05) is 5.75 Å². The van der Waals surface area contributed by atoms with E-state index in [1.807, 2.05) is 0 Å². The van der Waals surface area contributed by atoms with Crippen molar-refractivity contribution in [3.8, 4) is 0 Å². The van der Waals surface area contributed by atoms with Crippen LogP contribution in [0.25, 0.3) is 0 Å². The second kappa shape index (κ2) is 5.62. The summed E-state index contributed by atoms with van der Waals surface area (Å²) in [5.41, 5.74) is -0.321. The molecule has 1 N–H and O–H groups in total. The van der Waals surface area contributed by atoms with Gasteiger partial charge in [0.1, 0.15) is 5.82 Å². The molecular weight excluding hydrogens is 249 g/mol. The molecule has 0 heterocycles. The van der Waals surface area contributed by atoms with E-state index in [4.69, 9.17) is 5.11 Å². The molecule has 0 amide bonds. The molecule has 0 saturated heterocycles. The molecule has 1 aromatic carbocycles. The molecule has 1 unspecified atom stereocenters. The van der Waals surface area contributed by atoms with Crippen molar-refractivity contribution in [1.29, 1.82) is 0 Å². The molecule has 0 aliphatic rings. The first-order chi connectivity index (χ1) is 7.91. The second-order valence-corrected chi connectivity index (χ2v) is 4.48. The number of thioether (sulfide) groups is 1. The van der Waals surface area contributed by atoms with Crippen molar-refractivity contribution in [3.05, 3.63) is 34.1 Å². The molecule has 0 fully saturated rings. The standard InChI is InChI=1S/C10H10FNO4S/c1-6(10(13)14)5-17-9-3-2-7(12(15)16)4-8(9)11/h2-4,6H,5H2,1H3,(H,13,14). The number of hydrogen-bond donors (Lipinski definition) is 1. The number of rotatable bonds is 5. The van der Waals surface area contributed by atoms with E-state index in [9.17, 15) is 19.3 Å². The lowest BCUT2D eigenvalue weighted by molar-refractivity contribution is -0.385. The third kappa shape index (κ3) is 3.70. The Morgan fingerprint density at radius 1 is 1.65 bits per heavy atom. The molecule has 7 heteroatoms. The van der Waals surface area contributed by atoms with E-state index in [1.54, 1.807) is 0 Å². The van der Waals surface area contributed by atoms with Crippen LogP contribution in [0.3, 0.4) is 0 Å². The average Bonchev–Trinajstić information content (AvgIpc) is 2.26. The number of carboxylic acid groups (broad SMARTS) is 1. The van der Waals surface area contributed by atoms with E-state index in [0.29, 0.717) is 0 Å². The smallest absolute Gasteiger partial charge is 0.307 e. The zero-order chi connectivity index (χ0) is 13.0. The number of nitro groups is 1. The van der Waals surface area contributed by atoms with Crippen LogP contribution in [0.1, 0.15) is 6.92 Å². The molecule has 92 valence electrons. The van der Waals surface area contributed by atoms with Crippen LogP contribution in [-0.2, 0) is 4.79 Å². The maximum absolute atomic E-state index is 13.4. The Hall–Kier alpha value is -1.63. The number of benzene rings is 1. The third-order valence-corrected chi connectivity index (χ3v) is 3.35. The van der Waals surface area contributed by atoms with Crippen LogP contribution < -0.4 is 0 Å². The van der Waals surface area contributed by atoms with Gasteiger partial charge in [-0.15, -0.1) is 11.8 Å². The molecule has 0 spiro atoms.